The predicted molar refractivity (Wildman–Crippen MR) is 376 cm³/mol. The van der Waals surface area contributed by atoms with Gasteiger partial charge in [-0.1, -0.05) is 343 Å². The Bertz CT molecular complexity index is 1700. The maximum Gasteiger partial charge on any atom is 0.472 e. The highest BCUT2D eigenvalue weighted by Gasteiger charge is 2.26. The quantitative estimate of drug-likeness (QED) is 0.0264. The molecule has 9 nitrogen and oxygen atoms in total. The molecule has 0 aliphatic carbocycles. The number of ether oxygens (including phenoxy) is 2. The van der Waals surface area contributed by atoms with Gasteiger partial charge in [-0.15, -0.1) is 0 Å². The van der Waals surface area contributed by atoms with E-state index in [1.807, 2.05) is 0 Å². The minimum absolute atomic E-state index is 0.0507. The van der Waals surface area contributed by atoms with E-state index in [0.29, 0.717) is 6.42 Å². The molecule has 0 aromatic heterocycles. The number of hydrogen-bond donors (Lipinski definition) is 2. The molecule has 0 fully saturated rings. The van der Waals surface area contributed by atoms with Gasteiger partial charge in [0.05, 0.1) is 13.2 Å². The molecule has 0 rings (SSSR count). The summed E-state index contributed by atoms with van der Waals surface area (Å²) in [5, 5.41) is 0. The molecule has 10 heteroatoms. The molecule has 2 atom stereocenters. The zero-order chi connectivity index (χ0) is 63.0. The van der Waals surface area contributed by atoms with Crippen LogP contribution in [0.15, 0.2) is 85.1 Å². The second-order valence-corrected chi connectivity index (χ2v) is 26.2. The molecule has 87 heavy (non-hydrogen) atoms. The normalized spacial score (nSPS) is 13.4. The van der Waals surface area contributed by atoms with E-state index in [9.17, 15) is 19.0 Å². The van der Waals surface area contributed by atoms with E-state index >= 15 is 0 Å². The summed E-state index contributed by atoms with van der Waals surface area (Å²) in [5.74, 6) is -0.823. The third-order valence-corrected chi connectivity index (χ3v) is 17.2. The number of carbonyl (C=O) groups excluding carboxylic acids is 2. The Labute approximate surface area is 538 Å². The molecule has 0 spiro atoms. The number of unbranched alkanes of at least 4 members (excludes halogenated alkanes) is 43. The third kappa shape index (κ3) is 72.1. The maximum absolute atomic E-state index is 12.8. The lowest BCUT2D eigenvalue weighted by Gasteiger charge is -2.19. The molecule has 0 radical (unpaired) electrons. The fraction of sp³-hybridized carbons (Fsp3) is 0.792. The Hall–Kier alpha value is -2.81. The van der Waals surface area contributed by atoms with Crippen LogP contribution in [0.4, 0.5) is 0 Å². The van der Waals surface area contributed by atoms with Gasteiger partial charge in [-0.05, 0) is 89.9 Å². The Morgan fingerprint density at radius 3 is 0.943 bits per heavy atom. The van der Waals surface area contributed by atoms with Crippen LogP contribution in [0.2, 0.25) is 0 Å². The van der Waals surface area contributed by atoms with E-state index in [-0.39, 0.29) is 38.6 Å². The van der Waals surface area contributed by atoms with Crippen LogP contribution < -0.4 is 5.73 Å². The number of allylic oxidation sites excluding steroid dienone is 14. The van der Waals surface area contributed by atoms with E-state index in [4.69, 9.17) is 24.3 Å². The van der Waals surface area contributed by atoms with Crippen molar-refractivity contribution >= 4 is 19.8 Å². The molecule has 0 saturated carbocycles. The van der Waals surface area contributed by atoms with Gasteiger partial charge in [-0.25, -0.2) is 4.57 Å². The van der Waals surface area contributed by atoms with E-state index in [0.717, 1.165) is 83.5 Å². The minimum Gasteiger partial charge on any atom is -0.462 e. The summed E-state index contributed by atoms with van der Waals surface area (Å²) in [6, 6.07) is 0. The highest BCUT2D eigenvalue weighted by molar-refractivity contribution is 7.47. The van der Waals surface area contributed by atoms with Gasteiger partial charge in [0.2, 0.25) is 0 Å². The molecule has 0 saturated heterocycles. The summed E-state index contributed by atoms with van der Waals surface area (Å²) in [6.45, 7) is 3.66. The molecular formula is C77H140NO8P. The Balaban J connectivity index is 3.77. The second kappa shape index (κ2) is 72.3. The van der Waals surface area contributed by atoms with Gasteiger partial charge in [-0.2, -0.15) is 0 Å². The lowest BCUT2D eigenvalue weighted by molar-refractivity contribution is -0.161. The number of rotatable bonds is 70. The fourth-order valence-corrected chi connectivity index (χ4v) is 11.6. The van der Waals surface area contributed by atoms with Crippen molar-refractivity contribution in [1.82, 2.24) is 0 Å². The van der Waals surface area contributed by atoms with Gasteiger partial charge in [0.25, 0.3) is 0 Å². The maximum atomic E-state index is 12.8. The average Bonchev–Trinajstić information content (AvgIpc) is 3.64. The van der Waals surface area contributed by atoms with Gasteiger partial charge in [-0.3, -0.25) is 18.6 Å². The molecule has 0 aromatic rings. The lowest BCUT2D eigenvalue weighted by Crippen LogP contribution is -2.29. The van der Waals surface area contributed by atoms with Gasteiger partial charge < -0.3 is 20.1 Å². The van der Waals surface area contributed by atoms with Crippen LogP contribution in [0, 0.1) is 0 Å². The summed E-state index contributed by atoms with van der Waals surface area (Å²) in [5.41, 5.74) is 5.40. The van der Waals surface area contributed by atoms with Gasteiger partial charge in [0.1, 0.15) is 6.61 Å². The van der Waals surface area contributed by atoms with E-state index < -0.39 is 26.5 Å². The van der Waals surface area contributed by atoms with E-state index in [1.165, 1.54) is 244 Å². The SMILES string of the molecule is CC/C=C\C/C=C\C/C=C\C/C=C\C/C=C\CCCCCCCCCCCC(=O)OC(COC(=O)CCCCCCCCCCCCCCCCCCCCCCCCCCCCCCC/C=C\C/C=C\CCCCCCC)COP(=O)(O)OCCN. The Kier molecular flexibility index (Phi) is 69.9. The smallest absolute Gasteiger partial charge is 0.462 e. The number of hydrogen-bond acceptors (Lipinski definition) is 8. The molecule has 0 bridgehead atoms. The average molecular weight is 1240 g/mol. The molecule has 0 aliphatic rings. The fourth-order valence-electron chi connectivity index (χ4n) is 10.8. The highest BCUT2D eigenvalue weighted by atomic mass is 31.2. The zero-order valence-electron chi connectivity index (χ0n) is 57.0. The van der Waals surface area contributed by atoms with Crippen LogP contribution in [-0.4, -0.2) is 49.3 Å². The molecule has 0 aromatic carbocycles. The number of nitrogens with two attached hydrogens (primary N) is 1. The summed E-state index contributed by atoms with van der Waals surface area (Å²) in [6.07, 6.45) is 97.1. The van der Waals surface area contributed by atoms with Crippen molar-refractivity contribution in [2.75, 3.05) is 26.4 Å². The topological polar surface area (TPSA) is 134 Å². The molecule has 3 N–H and O–H groups in total. The summed E-state index contributed by atoms with van der Waals surface area (Å²) in [7, 11) is -4.40. The van der Waals surface area contributed by atoms with Crippen LogP contribution >= 0.6 is 7.82 Å². The van der Waals surface area contributed by atoms with Gasteiger partial charge >= 0.3 is 19.8 Å². The second-order valence-electron chi connectivity index (χ2n) is 24.8. The number of phosphoric acid groups is 1. The molecule has 506 valence electrons. The van der Waals surface area contributed by atoms with E-state index in [2.05, 4.69) is 98.9 Å². The summed E-state index contributed by atoms with van der Waals surface area (Å²) < 4.78 is 33.2. The minimum atomic E-state index is -4.40. The van der Waals surface area contributed by atoms with Crippen LogP contribution in [-0.2, 0) is 32.7 Å². The van der Waals surface area contributed by atoms with Crippen LogP contribution in [0.1, 0.15) is 361 Å². The molecule has 2 unspecified atom stereocenters. The predicted octanol–water partition coefficient (Wildman–Crippen LogP) is 24.5. The monoisotopic (exact) mass is 1240 g/mol. The first kappa shape index (κ1) is 84.2. The lowest BCUT2D eigenvalue weighted by atomic mass is 10.0. The van der Waals surface area contributed by atoms with Crippen molar-refractivity contribution in [2.24, 2.45) is 5.73 Å². The van der Waals surface area contributed by atoms with Crippen molar-refractivity contribution in [2.45, 2.75) is 367 Å². The van der Waals surface area contributed by atoms with Gasteiger partial charge in [0, 0.05) is 19.4 Å². The Morgan fingerprint density at radius 2 is 0.632 bits per heavy atom. The van der Waals surface area contributed by atoms with E-state index in [1.54, 1.807) is 0 Å². The van der Waals surface area contributed by atoms with Crippen molar-refractivity contribution in [3.05, 3.63) is 85.1 Å². The van der Waals surface area contributed by atoms with Gasteiger partial charge in [0.15, 0.2) is 6.10 Å². The van der Waals surface area contributed by atoms with Crippen LogP contribution in [0.25, 0.3) is 0 Å². The molecule has 0 heterocycles. The molecular weight excluding hydrogens is 1100 g/mol. The third-order valence-electron chi connectivity index (χ3n) is 16.3. The Morgan fingerprint density at radius 1 is 0.356 bits per heavy atom. The first-order valence-electron chi connectivity index (χ1n) is 37.1. The molecule has 0 aliphatic heterocycles. The first-order valence-corrected chi connectivity index (χ1v) is 38.6. The van der Waals surface area contributed by atoms with Crippen molar-refractivity contribution < 1.29 is 37.6 Å². The van der Waals surface area contributed by atoms with Crippen molar-refractivity contribution in [3.63, 3.8) is 0 Å². The largest absolute Gasteiger partial charge is 0.472 e. The highest BCUT2D eigenvalue weighted by Crippen LogP contribution is 2.43. The zero-order valence-corrected chi connectivity index (χ0v) is 57.9. The summed E-state index contributed by atoms with van der Waals surface area (Å²) in [4.78, 5) is 35.4. The van der Waals surface area contributed by atoms with Crippen molar-refractivity contribution in [1.29, 1.82) is 0 Å². The number of carbonyl (C=O) groups is 2. The van der Waals surface area contributed by atoms with Crippen molar-refractivity contribution in [3.8, 4) is 0 Å². The number of phosphoric ester groups is 1. The first-order chi connectivity index (χ1) is 42.8. The van der Waals surface area contributed by atoms with Crippen LogP contribution in [0.3, 0.4) is 0 Å². The van der Waals surface area contributed by atoms with Crippen LogP contribution in [0.5, 0.6) is 0 Å². The molecule has 0 amide bonds. The number of esters is 2. The standard InChI is InChI=1S/C77H140NO8P/c1-3-5-7-9-11-13-15-17-19-21-23-25-27-29-30-31-32-33-34-35-36-37-38-39-40-41-42-43-44-46-47-49-51-53-55-57-59-61-63-65-67-69-76(79)83-73-75(74-85-87(81,82)84-72-71-78)86-77(80)70-68-66-64-62-60-58-56-54-52-50-48-45-28-26-24-22-20-18-16-14-12-10-8-6-4-2/h6,8,12,14-15,17-18,20-21,23-24,26,45,48,75H,3-5,7,9-11,13,16,19,22,25,27-44,46-47,49-74,78H2,1-2H3,(H,81,82)/b8-6-,14-12-,17-15-,20-18-,23-21-,26-24-,48-45-. The summed E-state index contributed by atoms with van der Waals surface area (Å²) >= 11 is 0.